The molecular weight excluding hydrogens is 269 g/mol. The van der Waals surface area contributed by atoms with Gasteiger partial charge >= 0.3 is 6.18 Å². The molecule has 0 atom stereocenters. The molecule has 1 N–H and O–H groups in total. The van der Waals surface area contributed by atoms with Crippen molar-refractivity contribution in [3.05, 3.63) is 35.9 Å². The van der Waals surface area contributed by atoms with Crippen LogP contribution < -0.4 is 5.32 Å². The molecule has 0 aliphatic rings. The number of pyridine rings is 1. The minimum absolute atomic E-state index is 0.195. The molecule has 0 amide bonds. The predicted molar refractivity (Wildman–Crippen MR) is 69.9 cm³/mol. The SMILES string of the molecule is Cc1cn(C(C)C)c(Nc2ccc(C(F)(F)F)nc2)n1. The molecule has 0 bridgehead atoms. The Kier molecular flexibility index (Phi) is 3.69. The lowest BCUT2D eigenvalue weighted by Crippen LogP contribution is -2.09. The van der Waals surface area contributed by atoms with Crippen molar-refractivity contribution in [3.8, 4) is 0 Å². The van der Waals surface area contributed by atoms with Gasteiger partial charge in [-0.05, 0) is 32.9 Å². The summed E-state index contributed by atoms with van der Waals surface area (Å²) in [5, 5.41) is 2.98. The Morgan fingerprint density at radius 1 is 1.25 bits per heavy atom. The van der Waals surface area contributed by atoms with E-state index in [9.17, 15) is 13.2 Å². The standard InChI is InChI=1S/C13H15F3N4/c1-8(2)20-7-9(3)18-12(20)19-10-4-5-11(17-6-10)13(14,15)16/h4-8H,1-3H3,(H,18,19). The Morgan fingerprint density at radius 2 is 1.95 bits per heavy atom. The first-order valence-electron chi connectivity index (χ1n) is 6.13. The van der Waals surface area contributed by atoms with Gasteiger partial charge in [0.25, 0.3) is 0 Å². The molecule has 2 aromatic heterocycles. The third-order valence-electron chi connectivity index (χ3n) is 2.72. The highest BCUT2D eigenvalue weighted by atomic mass is 19.4. The number of nitrogens with zero attached hydrogens (tertiary/aromatic N) is 3. The minimum atomic E-state index is -4.43. The summed E-state index contributed by atoms with van der Waals surface area (Å²) >= 11 is 0. The predicted octanol–water partition coefficient (Wildman–Crippen LogP) is 3.93. The van der Waals surface area contributed by atoms with Gasteiger partial charge in [-0.15, -0.1) is 0 Å². The molecular formula is C13H15F3N4. The Balaban J connectivity index is 2.22. The molecule has 0 aromatic carbocycles. The van der Waals surface area contributed by atoms with Crippen LogP contribution in [0.3, 0.4) is 0 Å². The summed E-state index contributed by atoms with van der Waals surface area (Å²) in [4.78, 5) is 7.70. The molecule has 0 saturated heterocycles. The van der Waals surface area contributed by atoms with Gasteiger partial charge in [-0.1, -0.05) is 0 Å². The molecule has 20 heavy (non-hydrogen) atoms. The van der Waals surface area contributed by atoms with Crippen LogP contribution in [0.1, 0.15) is 31.3 Å². The fraction of sp³-hybridized carbons (Fsp3) is 0.385. The molecule has 7 heteroatoms. The van der Waals surface area contributed by atoms with Gasteiger partial charge in [0.1, 0.15) is 5.69 Å². The number of rotatable bonds is 3. The van der Waals surface area contributed by atoms with Crippen LogP contribution in [-0.4, -0.2) is 14.5 Å². The van der Waals surface area contributed by atoms with E-state index < -0.39 is 11.9 Å². The normalized spacial score (nSPS) is 11.9. The summed E-state index contributed by atoms with van der Waals surface area (Å²) in [5.74, 6) is 0.582. The van der Waals surface area contributed by atoms with Gasteiger partial charge in [-0.3, -0.25) is 0 Å². The second-order valence-electron chi connectivity index (χ2n) is 4.76. The number of anilines is 2. The van der Waals surface area contributed by atoms with Gasteiger partial charge in [0.2, 0.25) is 5.95 Å². The summed E-state index contributed by atoms with van der Waals surface area (Å²) in [6.07, 6.45) is -1.40. The van der Waals surface area contributed by atoms with Gasteiger partial charge in [0.15, 0.2) is 0 Å². The second kappa shape index (κ2) is 5.15. The number of alkyl halides is 3. The first-order chi connectivity index (χ1) is 9.27. The number of hydrogen-bond acceptors (Lipinski definition) is 3. The van der Waals surface area contributed by atoms with E-state index in [1.54, 1.807) is 0 Å². The highest BCUT2D eigenvalue weighted by molar-refractivity contribution is 5.52. The third kappa shape index (κ3) is 3.09. The number of aromatic nitrogens is 3. The Bertz CT molecular complexity index is 585. The van der Waals surface area contributed by atoms with E-state index in [2.05, 4.69) is 15.3 Å². The van der Waals surface area contributed by atoms with Crippen molar-refractivity contribution >= 4 is 11.6 Å². The van der Waals surface area contributed by atoms with Crippen molar-refractivity contribution in [2.24, 2.45) is 0 Å². The van der Waals surface area contributed by atoms with Crippen molar-refractivity contribution in [2.75, 3.05) is 5.32 Å². The smallest absolute Gasteiger partial charge is 0.324 e. The molecule has 0 fully saturated rings. The maximum atomic E-state index is 12.4. The Morgan fingerprint density at radius 3 is 2.45 bits per heavy atom. The lowest BCUT2D eigenvalue weighted by Gasteiger charge is -2.13. The van der Waals surface area contributed by atoms with Crippen LogP contribution in [0.15, 0.2) is 24.5 Å². The van der Waals surface area contributed by atoms with E-state index in [-0.39, 0.29) is 6.04 Å². The van der Waals surface area contributed by atoms with Crippen molar-refractivity contribution in [3.63, 3.8) is 0 Å². The molecule has 0 aliphatic heterocycles. The zero-order valence-electron chi connectivity index (χ0n) is 11.4. The fourth-order valence-electron chi connectivity index (χ4n) is 1.77. The molecule has 0 unspecified atom stereocenters. The van der Waals surface area contributed by atoms with E-state index in [1.807, 2.05) is 31.5 Å². The number of nitrogens with one attached hydrogen (secondary N) is 1. The number of halogens is 3. The topological polar surface area (TPSA) is 42.7 Å². The highest BCUT2D eigenvalue weighted by Crippen LogP contribution is 2.28. The van der Waals surface area contributed by atoms with Crippen molar-refractivity contribution in [2.45, 2.75) is 33.0 Å². The monoisotopic (exact) mass is 284 g/mol. The Hall–Kier alpha value is -2.05. The van der Waals surface area contributed by atoms with E-state index in [0.717, 1.165) is 18.0 Å². The molecule has 0 saturated carbocycles. The largest absolute Gasteiger partial charge is 0.433 e. The zero-order chi connectivity index (χ0) is 14.9. The number of imidazole rings is 1. The minimum Gasteiger partial charge on any atom is -0.324 e. The van der Waals surface area contributed by atoms with Crippen LogP contribution in [0.4, 0.5) is 24.8 Å². The van der Waals surface area contributed by atoms with Gasteiger partial charge in [-0.2, -0.15) is 13.2 Å². The quantitative estimate of drug-likeness (QED) is 0.928. The van der Waals surface area contributed by atoms with Crippen LogP contribution in [0, 0.1) is 6.92 Å². The lowest BCUT2D eigenvalue weighted by atomic mass is 10.3. The van der Waals surface area contributed by atoms with Gasteiger partial charge in [0, 0.05) is 12.2 Å². The summed E-state index contributed by atoms with van der Waals surface area (Å²) in [6, 6.07) is 2.48. The molecule has 2 heterocycles. The highest BCUT2D eigenvalue weighted by Gasteiger charge is 2.32. The molecule has 108 valence electrons. The molecule has 0 spiro atoms. The van der Waals surface area contributed by atoms with Crippen molar-refractivity contribution < 1.29 is 13.2 Å². The number of aryl methyl sites for hydroxylation is 1. The van der Waals surface area contributed by atoms with Gasteiger partial charge < -0.3 is 9.88 Å². The van der Waals surface area contributed by atoms with Crippen LogP contribution in [0.2, 0.25) is 0 Å². The summed E-state index contributed by atoms with van der Waals surface area (Å²) in [6.45, 7) is 5.85. The van der Waals surface area contributed by atoms with Gasteiger partial charge in [-0.25, -0.2) is 9.97 Å². The van der Waals surface area contributed by atoms with Gasteiger partial charge in [0.05, 0.1) is 17.6 Å². The lowest BCUT2D eigenvalue weighted by molar-refractivity contribution is -0.141. The molecule has 0 aliphatic carbocycles. The fourth-order valence-corrected chi connectivity index (χ4v) is 1.77. The average molecular weight is 284 g/mol. The van der Waals surface area contributed by atoms with Crippen LogP contribution in [0.5, 0.6) is 0 Å². The van der Waals surface area contributed by atoms with Crippen LogP contribution in [0.25, 0.3) is 0 Å². The zero-order valence-corrected chi connectivity index (χ0v) is 11.4. The average Bonchev–Trinajstić information content (AvgIpc) is 2.70. The van der Waals surface area contributed by atoms with Crippen molar-refractivity contribution in [1.82, 2.24) is 14.5 Å². The van der Waals surface area contributed by atoms with E-state index in [4.69, 9.17) is 0 Å². The third-order valence-corrected chi connectivity index (χ3v) is 2.72. The summed E-state index contributed by atoms with van der Waals surface area (Å²) in [7, 11) is 0. The van der Waals surface area contributed by atoms with E-state index in [1.165, 1.54) is 6.07 Å². The molecule has 4 nitrogen and oxygen atoms in total. The second-order valence-corrected chi connectivity index (χ2v) is 4.76. The van der Waals surface area contributed by atoms with E-state index >= 15 is 0 Å². The first-order valence-corrected chi connectivity index (χ1v) is 6.13. The summed E-state index contributed by atoms with van der Waals surface area (Å²) < 4.78 is 39.2. The Labute approximate surface area is 114 Å². The van der Waals surface area contributed by atoms with Crippen LogP contribution >= 0.6 is 0 Å². The molecule has 2 rings (SSSR count). The van der Waals surface area contributed by atoms with E-state index in [0.29, 0.717) is 11.6 Å². The maximum Gasteiger partial charge on any atom is 0.433 e. The first kappa shape index (κ1) is 14.4. The maximum absolute atomic E-state index is 12.4. The summed E-state index contributed by atoms with van der Waals surface area (Å²) in [5.41, 5.74) is 0.387. The van der Waals surface area contributed by atoms with Crippen molar-refractivity contribution in [1.29, 1.82) is 0 Å². The molecule has 2 aromatic rings. The number of hydrogen-bond donors (Lipinski definition) is 1. The molecule has 0 radical (unpaired) electrons. The van der Waals surface area contributed by atoms with Crippen LogP contribution in [-0.2, 0) is 6.18 Å².